The standard InChI is InChI=1S/C13H13F3N4O2/c14-13(15,16)8-3-1-5-20-10(18-19-11(8)20)7-17-12(21)9-4-2-6-22-9/h1,3,5,9H,2,4,6-7H2,(H,17,21)/t9-/m1/s1. The third-order valence-corrected chi connectivity index (χ3v) is 3.45. The average molecular weight is 314 g/mol. The molecule has 1 amide bonds. The van der Waals surface area contributed by atoms with E-state index in [4.69, 9.17) is 4.74 Å². The van der Waals surface area contributed by atoms with Crippen molar-refractivity contribution in [2.24, 2.45) is 0 Å². The summed E-state index contributed by atoms with van der Waals surface area (Å²) in [4.78, 5) is 11.8. The van der Waals surface area contributed by atoms with Gasteiger partial charge < -0.3 is 10.1 Å². The van der Waals surface area contributed by atoms with E-state index in [0.29, 0.717) is 13.0 Å². The first-order valence-corrected chi connectivity index (χ1v) is 6.76. The molecular weight excluding hydrogens is 301 g/mol. The molecule has 1 saturated heterocycles. The van der Waals surface area contributed by atoms with E-state index in [2.05, 4.69) is 15.5 Å². The number of aromatic nitrogens is 3. The highest BCUT2D eigenvalue weighted by Crippen LogP contribution is 2.31. The summed E-state index contributed by atoms with van der Waals surface area (Å²) >= 11 is 0. The van der Waals surface area contributed by atoms with Gasteiger partial charge in [0.1, 0.15) is 11.7 Å². The number of pyridine rings is 1. The van der Waals surface area contributed by atoms with Crippen LogP contribution in [-0.4, -0.2) is 33.2 Å². The van der Waals surface area contributed by atoms with Crippen LogP contribution in [0.25, 0.3) is 5.65 Å². The van der Waals surface area contributed by atoms with Gasteiger partial charge in [0.25, 0.3) is 0 Å². The molecule has 0 spiro atoms. The van der Waals surface area contributed by atoms with Gasteiger partial charge in [-0.1, -0.05) is 0 Å². The molecule has 118 valence electrons. The van der Waals surface area contributed by atoms with E-state index >= 15 is 0 Å². The molecule has 0 radical (unpaired) electrons. The zero-order valence-corrected chi connectivity index (χ0v) is 11.4. The second-order valence-electron chi connectivity index (χ2n) is 4.95. The molecule has 0 aliphatic carbocycles. The molecule has 9 heteroatoms. The molecule has 6 nitrogen and oxygen atoms in total. The minimum absolute atomic E-state index is 0.0127. The third kappa shape index (κ3) is 2.76. The van der Waals surface area contributed by atoms with Gasteiger partial charge in [0, 0.05) is 12.8 Å². The van der Waals surface area contributed by atoms with Crippen LogP contribution < -0.4 is 5.32 Å². The molecule has 0 aromatic carbocycles. The van der Waals surface area contributed by atoms with Crippen molar-refractivity contribution in [2.75, 3.05) is 6.61 Å². The number of fused-ring (bicyclic) bond motifs is 1. The van der Waals surface area contributed by atoms with Gasteiger partial charge >= 0.3 is 6.18 Å². The van der Waals surface area contributed by atoms with Crippen LogP contribution in [0.1, 0.15) is 24.2 Å². The van der Waals surface area contributed by atoms with Gasteiger partial charge in [0.15, 0.2) is 11.5 Å². The predicted octanol–water partition coefficient (Wildman–Crippen LogP) is 1.54. The minimum Gasteiger partial charge on any atom is -0.368 e. The molecule has 0 saturated carbocycles. The van der Waals surface area contributed by atoms with E-state index in [1.807, 2.05) is 0 Å². The Balaban J connectivity index is 1.79. The van der Waals surface area contributed by atoms with E-state index in [-0.39, 0.29) is 23.9 Å². The number of carbonyl (C=O) groups is 1. The highest BCUT2D eigenvalue weighted by Gasteiger charge is 2.34. The molecule has 22 heavy (non-hydrogen) atoms. The van der Waals surface area contributed by atoms with Gasteiger partial charge in [0.2, 0.25) is 5.91 Å². The van der Waals surface area contributed by atoms with Gasteiger partial charge in [-0.25, -0.2) is 0 Å². The van der Waals surface area contributed by atoms with Crippen LogP contribution in [0.3, 0.4) is 0 Å². The first-order chi connectivity index (χ1) is 10.5. The first-order valence-electron chi connectivity index (χ1n) is 6.76. The van der Waals surface area contributed by atoms with E-state index in [0.717, 1.165) is 12.5 Å². The highest BCUT2D eigenvalue weighted by atomic mass is 19.4. The quantitative estimate of drug-likeness (QED) is 0.933. The van der Waals surface area contributed by atoms with Crippen LogP contribution in [0.4, 0.5) is 13.2 Å². The zero-order chi connectivity index (χ0) is 15.7. The Hall–Kier alpha value is -2.16. The summed E-state index contributed by atoms with van der Waals surface area (Å²) in [7, 11) is 0. The molecule has 3 rings (SSSR count). The lowest BCUT2D eigenvalue weighted by molar-refractivity contribution is -0.136. The van der Waals surface area contributed by atoms with Crippen LogP contribution in [0.2, 0.25) is 0 Å². The summed E-state index contributed by atoms with van der Waals surface area (Å²) in [5, 5.41) is 9.91. The van der Waals surface area contributed by atoms with Crippen molar-refractivity contribution in [1.29, 1.82) is 0 Å². The van der Waals surface area contributed by atoms with Gasteiger partial charge in [-0.05, 0) is 25.0 Å². The minimum atomic E-state index is -4.51. The van der Waals surface area contributed by atoms with Crippen molar-refractivity contribution in [3.8, 4) is 0 Å². The van der Waals surface area contributed by atoms with Crippen molar-refractivity contribution in [3.63, 3.8) is 0 Å². The summed E-state index contributed by atoms with van der Waals surface area (Å²) in [6, 6.07) is 2.21. The lowest BCUT2D eigenvalue weighted by atomic mass is 10.2. The Morgan fingerprint density at radius 3 is 2.95 bits per heavy atom. The normalized spacial score (nSPS) is 18.8. The van der Waals surface area contributed by atoms with Crippen LogP contribution in [0, 0.1) is 0 Å². The summed E-state index contributed by atoms with van der Waals surface area (Å²) in [5.41, 5.74) is -1.14. The van der Waals surface area contributed by atoms with Crippen LogP contribution in [0.15, 0.2) is 18.3 Å². The second-order valence-corrected chi connectivity index (χ2v) is 4.95. The SMILES string of the molecule is O=C(NCc1nnc2c(C(F)(F)F)cccn12)[C@H]1CCCO1. The van der Waals surface area contributed by atoms with Gasteiger partial charge in [0.05, 0.1) is 6.54 Å². The van der Waals surface area contributed by atoms with E-state index < -0.39 is 17.8 Å². The average Bonchev–Trinajstić information content (AvgIpc) is 3.13. The molecule has 3 heterocycles. The molecule has 2 aromatic rings. The summed E-state index contributed by atoms with van der Waals surface area (Å²) < 4.78 is 45.1. The predicted molar refractivity (Wildman–Crippen MR) is 68.8 cm³/mol. The number of nitrogens with zero attached hydrogens (tertiary/aromatic N) is 3. The van der Waals surface area contributed by atoms with Crippen LogP contribution in [-0.2, 0) is 22.3 Å². The smallest absolute Gasteiger partial charge is 0.368 e. The maximum Gasteiger partial charge on any atom is 0.420 e. The van der Waals surface area contributed by atoms with E-state index in [9.17, 15) is 18.0 Å². The number of amides is 1. The molecule has 1 atom stereocenters. The molecule has 2 aromatic heterocycles. The number of ether oxygens (including phenoxy) is 1. The first kappa shape index (κ1) is 14.8. The van der Waals surface area contributed by atoms with Gasteiger partial charge in [-0.15, -0.1) is 10.2 Å². The van der Waals surface area contributed by atoms with Crippen molar-refractivity contribution >= 4 is 11.6 Å². The lowest BCUT2D eigenvalue weighted by Crippen LogP contribution is -2.34. The van der Waals surface area contributed by atoms with Crippen LogP contribution >= 0.6 is 0 Å². The fourth-order valence-electron chi connectivity index (χ4n) is 2.37. The molecule has 1 N–H and O–H groups in total. The number of hydrogen-bond donors (Lipinski definition) is 1. The summed E-state index contributed by atoms with van der Waals surface area (Å²) in [5.74, 6) is -0.0614. The van der Waals surface area contributed by atoms with E-state index in [1.54, 1.807) is 0 Å². The fourth-order valence-corrected chi connectivity index (χ4v) is 2.37. The summed E-state index contributed by atoms with van der Waals surface area (Å²) in [6.45, 7) is 0.530. The molecular formula is C13H13F3N4O2. The van der Waals surface area contributed by atoms with Crippen molar-refractivity contribution in [2.45, 2.75) is 31.7 Å². The van der Waals surface area contributed by atoms with Gasteiger partial charge in [-0.3, -0.25) is 9.20 Å². The fraction of sp³-hybridized carbons (Fsp3) is 0.462. The highest BCUT2D eigenvalue weighted by molar-refractivity contribution is 5.80. The number of carbonyl (C=O) groups excluding carboxylic acids is 1. The Bertz CT molecular complexity index is 692. The van der Waals surface area contributed by atoms with Gasteiger partial charge in [-0.2, -0.15) is 13.2 Å². The lowest BCUT2D eigenvalue weighted by Gasteiger charge is -2.10. The Labute approximate surface area is 123 Å². The zero-order valence-electron chi connectivity index (χ0n) is 11.4. The number of alkyl halides is 3. The number of rotatable bonds is 3. The Morgan fingerprint density at radius 2 is 2.27 bits per heavy atom. The maximum atomic E-state index is 12.9. The monoisotopic (exact) mass is 314 g/mol. The van der Waals surface area contributed by atoms with Crippen molar-refractivity contribution in [3.05, 3.63) is 29.7 Å². The number of nitrogens with one attached hydrogen (secondary N) is 1. The Morgan fingerprint density at radius 1 is 1.45 bits per heavy atom. The third-order valence-electron chi connectivity index (χ3n) is 3.45. The van der Waals surface area contributed by atoms with Crippen LogP contribution in [0.5, 0.6) is 0 Å². The second kappa shape index (κ2) is 5.56. The molecule has 0 bridgehead atoms. The molecule has 1 aliphatic rings. The molecule has 1 aliphatic heterocycles. The number of hydrogen-bond acceptors (Lipinski definition) is 4. The van der Waals surface area contributed by atoms with E-state index in [1.165, 1.54) is 16.7 Å². The van der Waals surface area contributed by atoms with Crippen molar-refractivity contribution < 1.29 is 22.7 Å². The molecule has 1 fully saturated rings. The maximum absolute atomic E-state index is 12.9. The number of halogens is 3. The topological polar surface area (TPSA) is 68.5 Å². The summed E-state index contributed by atoms with van der Waals surface area (Å²) in [6.07, 6.45) is -2.11. The molecule has 0 unspecified atom stereocenters. The Kier molecular flexibility index (Phi) is 3.73. The largest absolute Gasteiger partial charge is 0.420 e. The van der Waals surface area contributed by atoms with Crippen molar-refractivity contribution in [1.82, 2.24) is 19.9 Å².